The molecule has 6 nitrogen and oxygen atoms in total. The van der Waals surface area contributed by atoms with Gasteiger partial charge >= 0.3 is 6.18 Å². The summed E-state index contributed by atoms with van der Waals surface area (Å²) in [5, 5.41) is 0.253. The van der Waals surface area contributed by atoms with Crippen LogP contribution in [0.2, 0.25) is 0 Å². The van der Waals surface area contributed by atoms with Crippen LogP contribution in [0.25, 0.3) is 38.9 Å². The fourth-order valence-corrected chi connectivity index (χ4v) is 4.21. The van der Waals surface area contributed by atoms with Crippen LogP contribution in [-0.2, 0) is 12.7 Å². The summed E-state index contributed by atoms with van der Waals surface area (Å²) in [5.74, 6) is 0. The van der Waals surface area contributed by atoms with E-state index in [0.717, 1.165) is 37.8 Å². The summed E-state index contributed by atoms with van der Waals surface area (Å²) in [6.07, 6.45) is 0.945. The molecule has 5 rings (SSSR count). The molecule has 0 aliphatic rings. The molecule has 0 aliphatic carbocycles. The predicted octanol–water partition coefficient (Wildman–Crippen LogP) is 5.88. The molecule has 0 amide bonds. The van der Waals surface area contributed by atoms with E-state index in [0.29, 0.717) is 28.7 Å². The Morgan fingerprint density at radius 1 is 0.912 bits per heavy atom. The van der Waals surface area contributed by atoms with Crippen molar-refractivity contribution >= 4 is 33.2 Å². The van der Waals surface area contributed by atoms with Crippen LogP contribution in [0.1, 0.15) is 38.2 Å². The zero-order valence-electron chi connectivity index (χ0n) is 18.5. The quantitative estimate of drug-likeness (QED) is 0.294. The van der Waals surface area contributed by atoms with E-state index in [2.05, 4.69) is 21.9 Å². The van der Waals surface area contributed by atoms with Crippen LogP contribution in [0.15, 0.2) is 59.7 Å². The number of aromatic nitrogens is 5. The Bertz CT molecular complexity index is 1570. The second-order valence-electron chi connectivity index (χ2n) is 8.27. The molecule has 174 valence electrons. The lowest BCUT2D eigenvalue weighted by molar-refractivity contribution is -0.137. The van der Waals surface area contributed by atoms with Gasteiger partial charge in [0, 0.05) is 12.2 Å². The maximum absolute atomic E-state index is 13.5. The van der Waals surface area contributed by atoms with Crippen molar-refractivity contribution in [2.45, 2.75) is 45.3 Å². The standard InChI is InChI=1S/C25H22F3N5O/c1-2-3-4-7-13-32-15-29-22-20(24(32)34)21-23(31-19-12-6-5-11-18(19)30-21)33(22)17-10-8-9-16(14-17)25(26,27)28/h5-6,8-12,14-15H,2-4,7,13H2,1H3. The van der Waals surface area contributed by atoms with Gasteiger partial charge in [0.25, 0.3) is 5.56 Å². The molecule has 0 radical (unpaired) electrons. The molecule has 0 saturated heterocycles. The molecule has 3 heterocycles. The summed E-state index contributed by atoms with van der Waals surface area (Å²) in [7, 11) is 0. The molecule has 3 aromatic heterocycles. The number of aryl methyl sites for hydroxylation is 1. The minimum absolute atomic E-state index is 0.215. The summed E-state index contributed by atoms with van der Waals surface area (Å²) in [6, 6.07) is 12.1. The molecule has 2 aromatic carbocycles. The lowest BCUT2D eigenvalue weighted by Crippen LogP contribution is -2.20. The molecule has 5 aromatic rings. The topological polar surface area (TPSA) is 65.6 Å². The maximum Gasteiger partial charge on any atom is 0.416 e. The second kappa shape index (κ2) is 8.55. The smallest absolute Gasteiger partial charge is 0.299 e. The molecule has 0 N–H and O–H groups in total. The number of alkyl halides is 3. The van der Waals surface area contributed by atoms with Crippen LogP contribution < -0.4 is 5.56 Å². The monoisotopic (exact) mass is 465 g/mol. The Hall–Kier alpha value is -3.75. The summed E-state index contributed by atoms with van der Waals surface area (Å²) < 4.78 is 43.3. The summed E-state index contributed by atoms with van der Waals surface area (Å²) >= 11 is 0. The number of fused-ring (bicyclic) bond motifs is 4. The molecule has 0 fully saturated rings. The number of rotatable bonds is 6. The minimum Gasteiger partial charge on any atom is -0.299 e. The van der Waals surface area contributed by atoms with Crippen LogP contribution in [0.3, 0.4) is 0 Å². The van der Waals surface area contributed by atoms with Crippen LogP contribution in [-0.4, -0.2) is 24.1 Å². The van der Waals surface area contributed by atoms with Crippen molar-refractivity contribution in [1.29, 1.82) is 0 Å². The zero-order valence-corrected chi connectivity index (χ0v) is 18.5. The van der Waals surface area contributed by atoms with Crippen molar-refractivity contribution in [3.8, 4) is 5.69 Å². The van der Waals surface area contributed by atoms with Gasteiger partial charge in [0.05, 0.1) is 22.9 Å². The molecule has 0 unspecified atom stereocenters. The third-order valence-electron chi connectivity index (χ3n) is 5.91. The maximum atomic E-state index is 13.5. The van der Waals surface area contributed by atoms with Gasteiger partial charge in [0.2, 0.25) is 0 Å². The Morgan fingerprint density at radius 3 is 2.41 bits per heavy atom. The highest BCUT2D eigenvalue weighted by Crippen LogP contribution is 2.33. The van der Waals surface area contributed by atoms with Crippen molar-refractivity contribution in [2.24, 2.45) is 0 Å². The van der Waals surface area contributed by atoms with Crippen LogP contribution >= 0.6 is 0 Å². The van der Waals surface area contributed by atoms with E-state index < -0.39 is 11.7 Å². The SMILES string of the molecule is CCCCCCn1cnc2c(c1=O)c1nc3ccccc3nc1n2-c1cccc(C(F)(F)F)c1. The fourth-order valence-electron chi connectivity index (χ4n) is 4.21. The Kier molecular flexibility index (Phi) is 5.55. The first-order chi connectivity index (χ1) is 16.4. The van der Waals surface area contributed by atoms with Gasteiger partial charge < -0.3 is 0 Å². The van der Waals surface area contributed by atoms with Crippen molar-refractivity contribution < 1.29 is 13.2 Å². The van der Waals surface area contributed by atoms with Gasteiger partial charge in [0.15, 0.2) is 11.3 Å². The number of para-hydroxylation sites is 2. The first-order valence-corrected chi connectivity index (χ1v) is 11.2. The molecule has 9 heteroatoms. The number of hydrogen-bond acceptors (Lipinski definition) is 4. The lowest BCUT2D eigenvalue weighted by Gasteiger charge is -2.11. The number of hydrogen-bond donors (Lipinski definition) is 0. The molecular weight excluding hydrogens is 443 g/mol. The number of halogens is 3. The molecule has 34 heavy (non-hydrogen) atoms. The molecule has 0 saturated carbocycles. The highest BCUT2D eigenvalue weighted by molar-refractivity contribution is 6.05. The molecule has 0 atom stereocenters. The first kappa shape index (κ1) is 22.1. The van der Waals surface area contributed by atoms with Crippen LogP contribution in [0.4, 0.5) is 13.2 Å². The Morgan fingerprint density at radius 2 is 1.68 bits per heavy atom. The number of nitrogens with zero attached hydrogens (tertiary/aromatic N) is 5. The lowest BCUT2D eigenvalue weighted by atomic mass is 10.2. The van der Waals surface area contributed by atoms with Crippen molar-refractivity contribution in [1.82, 2.24) is 24.1 Å². The zero-order chi connectivity index (χ0) is 23.9. The third-order valence-corrected chi connectivity index (χ3v) is 5.91. The summed E-state index contributed by atoms with van der Waals surface area (Å²) in [5.41, 5.74) is 1.17. The van der Waals surface area contributed by atoms with Gasteiger partial charge in [-0.3, -0.25) is 13.9 Å². The van der Waals surface area contributed by atoms with Gasteiger partial charge in [-0.15, -0.1) is 0 Å². The average Bonchev–Trinajstić information content (AvgIpc) is 3.15. The van der Waals surface area contributed by atoms with Crippen molar-refractivity contribution in [2.75, 3.05) is 0 Å². The highest BCUT2D eigenvalue weighted by Gasteiger charge is 2.31. The molecule has 0 aliphatic heterocycles. The van der Waals surface area contributed by atoms with E-state index in [1.165, 1.54) is 17.0 Å². The van der Waals surface area contributed by atoms with E-state index in [1.807, 2.05) is 12.1 Å². The fraction of sp³-hybridized carbons (Fsp3) is 0.280. The summed E-state index contributed by atoms with van der Waals surface area (Å²) in [4.78, 5) is 27.3. The first-order valence-electron chi connectivity index (χ1n) is 11.2. The summed E-state index contributed by atoms with van der Waals surface area (Å²) in [6.45, 7) is 2.63. The number of benzene rings is 2. The van der Waals surface area contributed by atoms with E-state index in [1.54, 1.807) is 22.8 Å². The van der Waals surface area contributed by atoms with Gasteiger partial charge in [-0.05, 0) is 36.8 Å². The van der Waals surface area contributed by atoms with E-state index in [4.69, 9.17) is 0 Å². The van der Waals surface area contributed by atoms with Crippen molar-refractivity contribution in [3.63, 3.8) is 0 Å². The highest BCUT2D eigenvalue weighted by atomic mass is 19.4. The van der Waals surface area contributed by atoms with Crippen molar-refractivity contribution in [3.05, 3.63) is 70.8 Å². The largest absolute Gasteiger partial charge is 0.416 e. The average molecular weight is 465 g/mol. The van der Waals surface area contributed by atoms with Gasteiger partial charge in [-0.2, -0.15) is 13.2 Å². The van der Waals surface area contributed by atoms with Crippen LogP contribution in [0.5, 0.6) is 0 Å². The van der Waals surface area contributed by atoms with Gasteiger partial charge in [-0.1, -0.05) is 44.4 Å². The Labute approximate surface area is 192 Å². The van der Waals surface area contributed by atoms with E-state index in [9.17, 15) is 18.0 Å². The van der Waals surface area contributed by atoms with E-state index >= 15 is 0 Å². The van der Waals surface area contributed by atoms with Gasteiger partial charge in [0.1, 0.15) is 10.9 Å². The molecule has 0 spiro atoms. The predicted molar refractivity (Wildman–Crippen MR) is 125 cm³/mol. The third kappa shape index (κ3) is 3.81. The van der Waals surface area contributed by atoms with Gasteiger partial charge in [-0.25, -0.2) is 15.0 Å². The molecule has 0 bridgehead atoms. The molecular formula is C25H22F3N5O. The Balaban J connectivity index is 1.80. The van der Waals surface area contributed by atoms with E-state index in [-0.39, 0.29) is 22.3 Å². The second-order valence-corrected chi connectivity index (χ2v) is 8.27. The normalized spacial score (nSPS) is 12.2. The number of unbranched alkanes of at least 4 members (excludes halogenated alkanes) is 3. The minimum atomic E-state index is -4.51. The van der Waals surface area contributed by atoms with Crippen LogP contribution in [0, 0.1) is 0 Å².